The monoisotopic (exact) mass is 257 g/mol. The van der Waals surface area contributed by atoms with E-state index < -0.39 is 0 Å². The number of benzene rings is 1. The summed E-state index contributed by atoms with van der Waals surface area (Å²) in [6.45, 7) is 4.16. The molecule has 1 N–H and O–H groups in total. The molecule has 100 valence electrons. The summed E-state index contributed by atoms with van der Waals surface area (Å²) < 4.78 is 5.77. The zero-order valence-corrected chi connectivity index (χ0v) is 11.6. The van der Waals surface area contributed by atoms with E-state index in [-0.39, 0.29) is 0 Å². The van der Waals surface area contributed by atoms with Crippen LogP contribution in [0.15, 0.2) is 30.3 Å². The quantitative estimate of drug-likeness (QED) is 0.889. The lowest BCUT2D eigenvalue weighted by atomic mass is 10.2. The van der Waals surface area contributed by atoms with Crippen LogP contribution in [0, 0.1) is 6.92 Å². The molecule has 0 aliphatic heterocycles. The highest BCUT2D eigenvalue weighted by atomic mass is 16.5. The van der Waals surface area contributed by atoms with Crippen LogP contribution in [0.5, 0.6) is 11.6 Å². The Bertz CT molecular complexity index is 538. The largest absolute Gasteiger partial charge is 0.439 e. The summed E-state index contributed by atoms with van der Waals surface area (Å²) in [5, 5.41) is 3.03. The van der Waals surface area contributed by atoms with Crippen LogP contribution >= 0.6 is 0 Å². The summed E-state index contributed by atoms with van der Waals surface area (Å²) in [6.07, 6.45) is 1.86. The minimum Gasteiger partial charge on any atom is -0.439 e. The molecule has 0 spiro atoms. The highest BCUT2D eigenvalue weighted by Gasteiger charge is 2.05. The molecule has 4 nitrogen and oxygen atoms in total. The zero-order chi connectivity index (χ0) is 13.7. The van der Waals surface area contributed by atoms with Crippen molar-refractivity contribution in [1.29, 1.82) is 0 Å². The van der Waals surface area contributed by atoms with Gasteiger partial charge in [0, 0.05) is 19.5 Å². The Morgan fingerprint density at radius 3 is 2.53 bits per heavy atom. The van der Waals surface area contributed by atoms with Crippen molar-refractivity contribution in [3.05, 3.63) is 41.7 Å². The topological polar surface area (TPSA) is 47.0 Å². The van der Waals surface area contributed by atoms with E-state index in [4.69, 9.17) is 4.74 Å². The highest BCUT2D eigenvalue weighted by Crippen LogP contribution is 2.22. The molecule has 0 fully saturated rings. The number of anilines is 1. The summed E-state index contributed by atoms with van der Waals surface area (Å²) in [7, 11) is 1.84. The molecule has 0 saturated carbocycles. The van der Waals surface area contributed by atoms with Gasteiger partial charge in [0.05, 0.1) is 0 Å². The average Bonchev–Trinajstić information content (AvgIpc) is 2.41. The summed E-state index contributed by atoms with van der Waals surface area (Å²) >= 11 is 0. The first-order chi connectivity index (χ1) is 9.21. The smallest absolute Gasteiger partial charge is 0.224 e. The third-order valence-electron chi connectivity index (χ3n) is 2.72. The average molecular weight is 257 g/mol. The van der Waals surface area contributed by atoms with Gasteiger partial charge in [-0.25, -0.2) is 4.98 Å². The molecule has 4 heteroatoms. The maximum atomic E-state index is 5.77. The van der Waals surface area contributed by atoms with Crippen LogP contribution in [0.1, 0.15) is 24.7 Å². The Kier molecular flexibility index (Phi) is 4.34. The van der Waals surface area contributed by atoms with Gasteiger partial charge >= 0.3 is 0 Å². The molecule has 0 atom stereocenters. The van der Waals surface area contributed by atoms with Crippen LogP contribution in [0.4, 0.5) is 5.82 Å². The summed E-state index contributed by atoms with van der Waals surface area (Å²) in [5.74, 6) is 2.94. The van der Waals surface area contributed by atoms with Crippen molar-refractivity contribution >= 4 is 5.82 Å². The van der Waals surface area contributed by atoms with Gasteiger partial charge in [-0.1, -0.05) is 24.6 Å². The first-order valence-electron chi connectivity index (χ1n) is 6.51. The number of ether oxygens (including phenoxy) is 1. The number of hydrogen-bond donors (Lipinski definition) is 1. The molecular weight excluding hydrogens is 238 g/mol. The molecule has 19 heavy (non-hydrogen) atoms. The van der Waals surface area contributed by atoms with Gasteiger partial charge in [0.15, 0.2) is 0 Å². The molecule has 0 aliphatic rings. The molecule has 0 radical (unpaired) electrons. The van der Waals surface area contributed by atoms with Crippen LogP contribution < -0.4 is 10.1 Å². The normalized spacial score (nSPS) is 10.3. The number of hydrogen-bond acceptors (Lipinski definition) is 4. The van der Waals surface area contributed by atoms with Crippen molar-refractivity contribution in [3.63, 3.8) is 0 Å². The Hall–Kier alpha value is -2.10. The minimum absolute atomic E-state index is 0.576. The molecule has 1 aromatic carbocycles. The summed E-state index contributed by atoms with van der Waals surface area (Å²) in [5.41, 5.74) is 1.21. The lowest BCUT2D eigenvalue weighted by molar-refractivity contribution is 0.458. The van der Waals surface area contributed by atoms with Gasteiger partial charge in [-0.2, -0.15) is 4.98 Å². The van der Waals surface area contributed by atoms with E-state index in [1.165, 1.54) is 5.56 Å². The number of nitrogens with one attached hydrogen (secondary N) is 1. The van der Waals surface area contributed by atoms with E-state index in [2.05, 4.69) is 22.2 Å². The summed E-state index contributed by atoms with van der Waals surface area (Å²) in [4.78, 5) is 8.81. The van der Waals surface area contributed by atoms with Gasteiger partial charge in [-0.3, -0.25) is 0 Å². The van der Waals surface area contributed by atoms with E-state index in [1.807, 2.05) is 38.2 Å². The van der Waals surface area contributed by atoms with Crippen molar-refractivity contribution in [1.82, 2.24) is 9.97 Å². The minimum atomic E-state index is 0.576. The van der Waals surface area contributed by atoms with Gasteiger partial charge < -0.3 is 10.1 Å². The number of rotatable bonds is 5. The molecule has 0 saturated heterocycles. The third-order valence-corrected chi connectivity index (χ3v) is 2.72. The molecular formula is C15H19N3O. The number of aryl methyl sites for hydroxylation is 2. The molecule has 0 unspecified atom stereocenters. The van der Waals surface area contributed by atoms with Crippen molar-refractivity contribution in [3.8, 4) is 11.6 Å². The Balaban J connectivity index is 2.23. The molecule has 0 amide bonds. The van der Waals surface area contributed by atoms with E-state index >= 15 is 0 Å². The zero-order valence-electron chi connectivity index (χ0n) is 11.6. The van der Waals surface area contributed by atoms with Crippen LogP contribution in [-0.4, -0.2) is 17.0 Å². The van der Waals surface area contributed by atoms with Crippen LogP contribution in [0.3, 0.4) is 0 Å². The molecule has 0 bridgehead atoms. The first-order valence-corrected chi connectivity index (χ1v) is 6.51. The molecule has 1 heterocycles. The lowest BCUT2D eigenvalue weighted by Gasteiger charge is -2.08. The molecule has 1 aromatic heterocycles. The number of nitrogens with zero attached hydrogens (tertiary/aromatic N) is 2. The fourth-order valence-electron chi connectivity index (χ4n) is 1.72. The van der Waals surface area contributed by atoms with Crippen LogP contribution in [0.25, 0.3) is 0 Å². The second-order valence-corrected chi connectivity index (χ2v) is 4.42. The van der Waals surface area contributed by atoms with Gasteiger partial charge in [-0.05, 0) is 25.5 Å². The Morgan fingerprint density at radius 1 is 1.16 bits per heavy atom. The first kappa shape index (κ1) is 13.3. The van der Waals surface area contributed by atoms with Gasteiger partial charge in [0.1, 0.15) is 17.4 Å². The third kappa shape index (κ3) is 3.68. The second kappa shape index (κ2) is 6.18. The fourth-order valence-corrected chi connectivity index (χ4v) is 1.72. The van der Waals surface area contributed by atoms with Gasteiger partial charge in [0.25, 0.3) is 0 Å². The summed E-state index contributed by atoms with van der Waals surface area (Å²) in [6, 6.07) is 9.72. The Labute approximate surface area is 113 Å². The van der Waals surface area contributed by atoms with Crippen LogP contribution in [0.2, 0.25) is 0 Å². The van der Waals surface area contributed by atoms with E-state index in [0.717, 1.165) is 30.2 Å². The van der Waals surface area contributed by atoms with Crippen molar-refractivity contribution in [2.45, 2.75) is 26.7 Å². The molecule has 0 aliphatic carbocycles. The van der Waals surface area contributed by atoms with Gasteiger partial charge in [0.2, 0.25) is 5.88 Å². The van der Waals surface area contributed by atoms with Crippen LogP contribution in [-0.2, 0) is 6.42 Å². The maximum Gasteiger partial charge on any atom is 0.224 e. The van der Waals surface area contributed by atoms with Crippen molar-refractivity contribution in [2.24, 2.45) is 0 Å². The van der Waals surface area contributed by atoms with E-state index in [0.29, 0.717) is 5.88 Å². The van der Waals surface area contributed by atoms with E-state index in [9.17, 15) is 0 Å². The highest BCUT2D eigenvalue weighted by molar-refractivity contribution is 5.39. The Morgan fingerprint density at radius 2 is 1.89 bits per heavy atom. The predicted molar refractivity (Wildman–Crippen MR) is 76.8 cm³/mol. The standard InChI is InChI=1S/C15H19N3O/c1-4-5-13-17-14(16-3)10-15(18-13)19-12-8-6-11(2)7-9-12/h6-10H,4-5H2,1-3H3,(H,16,17,18). The van der Waals surface area contributed by atoms with Crippen molar-refractivity contribution in [2.75, 3.05) is 12.4 Å². The second-order valence-electron chi connectivity index (χ2n) is 4.42. The van der Waals surface area contributed by atoms with Crippen molar-refractivity contribution < 1.29 is 4.74 Å². The fraction of sp³-hybridized carbons (Fsp3) is 0.333. The lowest BCUT2D eigenvalue weighted by Crippen LogP contribution is -2.01. The van der Waals surface area contributed by atoms with Gasteiger partial charge in [-0.15, -0.1) is 0 Å². The maximum absolute atomic E-state index is 5.77. The predicted octanol–water partition coefficient (Wildman–Crippen LogP) is 3.57. The number of aromatic nitrogens is 2. The SMILES string of the molecule is CCCc1nc(NC)cc(Oc2ccc(C)cc2)n1. The molecule has 2 rings (SSSR count). The van der Waals surface area contributed by atoms with E-state index in [1.54, 1.807) is 6.07 Å². The molecule has 2 aromatic rings.